The van der Waals surface area contributed by atoms with Gasteiger partial charge in [0.05, 0.1) is 6.10 Å². The van der Waals surface area contributed by atoms with Gasteiger partial charge in [-0.15, -0.1) is 0 Å². The van der Waals surface area contributed by atoms with Crippen LogP contribution in [0.5, 0.6) is 0 Å². The second-order valence-corrected chi connectivity index (χ2v) is 5.07. The van der Waals surface area contributed by atoms with Crippen LogP contribution < -0.4 is 5.32 Å². The molecule has 2 heteroatoms. The van der Waals surface area contributed by atoms with E-state index in [1.165, 1.54) is 11.1 Å². The first-order valence-electron chi connectivity index (χ1n) is 6.73. The lowest BCUT2D eigenvalue weighted by atomic mass is 10.0. The molecule has 0 radical (unpaired) electrons. The zero-order valence-corrected chi connectivity index (χ0v) is 11.5. The largest absolute Gasteiger partial charge is 0.387 e. The van der Waals surface area contributed by atoms with Crippen LogP contribution in [0.3, 0.4) is 0 Å². The second-order valence-electron chi connectivity index (χ2n) is 5.07. The SMILES string of the molecule is CC(C)NCC(O)c1ccc(-c2ccccc2)cc1. The lowest BCUT2D eigenvalue weighted by molar-refractivity contribution is 0.171. The van der Waals surface area contributed by atoms with Crippen molar-refractivity contribution in [3.8, 4) is 11.1 Å². The van der Waals surface area contributed by atoms with E-state index in [0.29, 0.717) is 12.6 Å². The van der Waals surface area contributed by atoms with Gasteiger partial charge in [-0.2, -0.15) is 0 Å². The molecule has 0 spiro atoms. The number of rotatable bonds is 5. The monoisotopic (exact) mass is 255 g/mol. The number of hydrogen-bond donors (Lipinski definition) is 2. The van der Waals surface area contributed by atoms with Crippen LogP contribution in [0.1, 0.15) is 25.5 Å². The van der Waals surface area contributed by atoms with Gasteiger partial charge < -0.3 is 10.4 Å². The molecule has 100 valence electrons. The molecule has 0 saturated heterocycles. The molecule has 0 fully saturated rings. The Morgan fingerprint density at radius 3 is 2.05 bits per heavy atom. The highest BCUT2D eigenvalue weighted by Gasteiger charge is 2.07. The van der Waals surface area contributed by atoms with E-state index in [0.717, 1.165) is 5.56 Å². The standard InChI is InChI=1S/C17H21NO/c1-13(2)18-12-17(19)16-10-8-15(9-11-16)14-6-4-3-5-7-14/h3-11,13,17-19H,12H2,1-2H3. The Bertz CT molecular complexity index is 490. The molecule has 2 aromatic carbocycles. The minimum Gasteiger partial charge on any atom is -0.387 e. The highest BCUT2D eigenvalue weighted by atomic mass is 16.3. The van der Waals surface area contributed by atoms with Gasteiger partial charge in [-0.25, -0.2) is 0 Å². The molecule has 0 aliphatic heterocycles. The lowest BCUT2D eigenvalue weighted by Crippen LogP contribution is -2.27. The third-order valence-corrected chi connectivity index (χ3v) is 3.12. The Balaban J connectivity index is 2.06. The first-order chi connectivity index (χ1) is 9.16. The Labute approximate surface area is 115 Å². The molecule has 2 rings (SSSR count). The average molecular weight is 255 g/mol. The van der Waals surface area contributed by atoms with Crippen molar-refractivity contribution in [2.24, 2.45) is 0 Å². The molecular weight excluding hydrogens is 234 g/mol. The Morgan fingerprint density at radius 1 is 0.895 bits per heavy atom. The molecular formula is C17H21NO. The Hall–Kier alpha value is -1.64. The van der Waals surface area contributed by atoms with E-state index in [1.807, 2.05) is 30.3 Å². The summed E-state index contributed by atoms with van der Waals surface area (Å²) in [6.45, 7) is 4.73. The summed E-state index contributed by atoms with van der Waals surface area (Å²) < 4.78 is 0. The molecule has 1 unspecified atom stereocenters. The minimum atomic E-state index is -0.452. The highest BCUT2D eigenvalue weighted by Crippen LogP contribution is 2.21. The number of nitrogens with one attached hydrogen (secondary N) is 1. The summed E-state index contributed by atoms with van der Waals surface area (Å²) in [6, 6.07) is 18.8. The number of aliphatic hydroxyl groups is 1. The summed E-state index contributed by atoms with van der Waals surface area (Å²) >= 11 is 0. The van der Waals surface area contributed by atoms with Crippen molar-refractivity contribution in [1.29, 1.82) is 0 Å². The summed E-state index contributed by atoms with van der Waals surface area (Å²) in [7, 11) is 0. The molecule has 2 nitrogen and oxygen atoms in total. The van der Waals surface area contributed by atoms with Gasteiger partial charge in [0.2, 0.25) is 0 Å². The molecule has 19 heavy (non-hydrogen) atoms. The predicted octanol–water partition coefficient (Wildman–Crippen LogP) is 3.39. The fourth-order valence-corrected chi connectivity index (χ4v) is 1.99. The van der Waals surface area contributed by atoms with Gasteiger partial charge in [0.15, 0.2) is 0 Å². The summed E-state index contributed by atoms with van der Waals surface area (Å²) in [4.78, 5) is 0. The summed E-state index contributed by atoms with van der Waals surface area (Å²) in [5, 5.41) is 13.3. The molecule has 2 N–H and O–H groups in total. The maximum absolute atomic E-state index is 10.1. The van der Waals surface area contributed by atoms with Crippen LogP contribution in [0, 0.1) is 0 Å². The first-order valence-corrected chi connectivity index (χ1v) is 6.73. The van der Waals surface area contributed by atoms with E-state index in [-0.39, 0.29) is 0 Å². The van der Waals surface area contributed by atoms with Crippen LogP contribution in [-0.4, -0.2) is 17.7 Å². The Morgan fingerprint density at radius 2 is 1.47 bits per heavy atom. The average Bonchev–Trinajstić information content (AvgIpc) is 2.46. The first kappa shape index (κ1) is 13.8. The maximum Gasteiger partial charge on any atom is 0.0914 e. The lowest BCUT2D eigenvalue weighted by Gasteiger charge is -2.14. The van der Waals surface area contributed by atoms with Gasteiger partial charge in [0, 0.05) is 12.6 Å². The van der Waals surface area contributed by atoms with E-state index in [9.17, 15) is 5.11 Å². The van der Waals surface area contributed by atoms with Crippen molar-refractivity contribution in [3.05, 3.63) is 60.2 Å². The summed E-state index contributed by atoms with van der Waals surface area (Å²) in [6.07, 6.45) is -0.452. The fraction of sp³-hybridized carbons (Fsp3) is 0.294. The van der Waals surface area contributed by atoms with Gasteiger partial charge in [-0.3, -0.25) is 0 Å². The third kappa shape index (κ3) is 3.91. The van der Waals surface area contributed by atoms with Gasteiger partial charge in [-0.05, 0) is 16.7 Å². The normalized spacial score (nSPS) is 12.6. The molecule has 0 aliphatic rings. The van der Waals surface area contributed by atoms with Crippen LogP contribution in [0.4, 0.5) is 0 Å². The predicted molar refractivity (Wildman–Crippen MR) is 80.0 cm³/mol. The summed E-state index contributed by atoms with van der Waals surface area (Å²) in [5.74, 6) is 0. The van der Waals surface area contributed by atoms with E-state index in [1.54, 1.807) is 0 Å². The van der Waals surface area contributed by atoms with Crippen LogP contribution in [0.2, 0.25) is 0 Å². The number of hydrogen-bond acceptors (Lipinski definition) is 2. The summed E-state index contributed by atoms with van der Waals surface area (Å²) in [5.41, 5.74) is 3.32. The molecule has 0 aromatic heterocycles. The van der Waals surface area contributed by atoms with Crippen LogP contribution >= 0.6 is 0 Å². The van der Waals surface area contributed by atoms with E-state index < -0.39 is 6.10 Å². The van der Waals surface area contributed by atoms with Gasteiger partial charge in [-0.1, -0.05) is 68.4 Å². The van der Waals surface area contributed by atoms with Crippen molar-refractivity contribution < 1.29 is 5.11 Å². The van der Waals surface area contributed by atoms with Gasteiger partial charge >= 0.3 is 0 Å². The van der Waals surface area contributed by atoms with Crippen LogP contribution in [0.25, 0.3) is 11.1 Å². The smallest absolute Gasteiger partial charge is 0.0914 e. The number of aliphatic hydroxyl groups excluding tert-OH is 1. The van der Waals surface area contributed by atoms with Gasteiger partial charge in [0.25, 0.3) is 0 Å². The molecule has 0 saturated carbocycles. The zero-order valence-electron chi connectivity index (χ0n) is 11.5. The second kappa shape index (κ2) is 6.50. The zero-order chi connectivity index (χ0) is 13.7. The minimum absolute atomic E-state index is 0.387. The molecule has 0 amide bonds. The van der Waals surface area contributed by atoms with E-state index in [2.05, 4.69) is 43.4 Å². The quantitative estimate of drug-likeness (QED) is 0.858. The number of benzene rings is 2. The van der Waals surface area contributed by atoms with E-state index in [4.69, 9.17) is 0 Å². The topological polar surface area (TPSA) is 32.3 Å². The van der Waals surface area contributed by atoms with Crippen molar-refractivity contribution in [3.63, 3.8) is 0 Å². The van der Waals surface area contributed by atoms with Crippen LogP contribution in [-0.2, 0) is 0 Å². The molecule has 1 atom stereocenters. The third-order valence-electron chi connectivity index (χ3n) is 3.12. The van der Waals surface area contributed by atoms with Crippen molar-refractivity contribution in [2.75, 3.05) is 6.54 Å². The Kier molecular flexibility index (Phi) is 4.72. The van der Waals surface area contributed by atoms with Crippen molar-refractivity contribution in [1.82, 2.24) is 5.32 Å². The van der Waals surface area contributed by atoms with E-state index >= 15 is 0 Å². The molecule has 0 heterocycles. The maximum atomic E-state index is 10.1. The highest BCUT2D eigenvalue weighted by molar-refractivity contribution is 5.63. The van der Waals surface area contributed by atoms with Crippen molar-refractivity contribution in [2.45, 2.75) is 26.0 Å². The van der Waals surface area contributed by atoms with Crippen molar-refractivity contribution >= 4 is 0 Å². The van der Waals surface area contributed by atoms with Gasteiger partial charge in [0.1, 0.15) is 0 Å². The fourth-order valence-electron chi connectivity index (χ4n) is 1.99. The van der Waals surface area contributed by atoms with Crippen LogP contribution in [0.15, 0.2) is 54.6 Å². The molecule has 2 aromatic rings. The molecule has 0 bridgehead atoms. The molecule has 0 aliphatic carbocycles.